The smallest absolute Gasteiger partial charge is 0.407 e. The van der Waals surface area contributed by atoms with Gasteiger partial charge in [0.05, 0.1) is 0 Å². The topological polar surface area (TPSA) is 52.6 Å². The summed E-state index contributed by atoms with van der Waals surface area (Å²) in [7, 11) is 1.88. The number of amides is 1. The maximum atomic E-state index is 10.2. The van der Waals surface area contributed by atoms with Crippen molar-refractivity contribution in [1.82, 2.24) is 10.2 Å². The van der Waals surface area contributed by atoms with Gasteiger partial charge in [0.25, 0.3) is 0 Å². The van der Waals surface area contributed by atoms with Gasteiger partial charge in [-0.1, -0.05) is 0 Å². The van der Waals surface area contributed by atoms with Crippen molar-refractivity contribution >= 4 is 6.09 Å². The molecule has 0 bridgehead atoms. The number of likely N-dealkylation sites (tertiary alicyclic amines) is 1. The molecule has 0 aromatic carbocycles. The number of carbonyl (C=O) groups is 1. The zero-order chi connectivity index (χ0) is 7.56. The predicted molar refractivity (Wildman–Crippen MR) is 37.0 cm³/mol. The second-order valence-electron chi connectivity index (χ2n) is 2.61. The van der Waals surface area contributed by atoms with E-state index in [0.717, 1.165) is 6.54 Å². The molecular formula is C6H12N2O2. The quantitative estimate of drug-likeness (QED) is 0.565. The van der Waals surface area contributed by atoms with Crippen LogP contribution in [-0.2, 0) is 0 Å². The Kier molecular flexibility index (Phi) is 2.11. The lowest BCUT2D eigenvalue weighted by molar-refractivity contribution is 0.0823. The predicted octanol–water partition coefficient (Wildman–Crippen LogP) is -0.184. The number of nitrogens with zero attached hydrogens (tertiary/aromatic N) is 1. The van der Waals surface area contributed by atoms with Gasteiger partial charge in [-0.15, -0.1) is 0 Å². The van der Waals surface area contributed by atoms with Gasteiger partial charge in [-0.3, -0.25) is 0 Å². The average Bonchev–Trinajstić information content (AvgIpc) is 1.76. The van der Waals surface area contributed by atoms with Gasteiger partial charge in [-0.25, -0.2) is 4.79 Å². The molecule has 0 aromatic rings. The second kappa shape index (κ2) is 2.88. The van der Waals surface area contributed by atoms with Crippen molar-refractivity contribution in [3.8, 4) is 0 Å². The summed E-state index contributed by atoms with van der Waals surface area (Å²) in [6.07, 6.45) is -0.799. The fourth-order valence-electron chi connectivity index (χ4n) is 1.14. The van der Waals surface area contributed by atoms with Crippen LogP contribution in [0.3, 0.4) is 0 Å². The molecule has 10 heavy (non-hydrogen) atoms. The highest BCUT2D eigenvalue weighted by atomic mass is 16.4. The summed E-state index contributed by atoms with van der Waals surface area (Å²) in [5.41, 5.74) is 0. The summed E-state index contributed by atoms with van der Waals surface area (Å²) in [5.74, 6) is 0.529. The summed E-state index contributed by atoms with van der Waals surface area (Å²) < 4.78 is 0. The standard InChI is InChI=1S/C6H12N2O2/c1-7-2-5-3-8(4-5)6(9)10/h5,7H,2-4H2,1H3,(H,9,10). The van der Waals surface area contributed by atoms with E-state index in [2.05, 4.69) is 5.32 Å². The largest absolute Gasteiger partial charge is 0.465 e. The van der Waals surface area contributed by atoms with E-state index < -0.39 is 6.09 Å². The molecule has 0 radical (unpaired) electrons. The van der Waals surface area contributed by atoms with Gasteiger partial charge >= 0.3 is 6.09 Å². The van der Waals surface area contributed by atoms with Crippen LogP contribution in [0.2, 0.25) is 0 Å². The van der Waals surface area contributed by atoms with Crippen LogP contribution >= 0.6 is 0 Å². The first kappa shape index (κ1) is 7.34. The fraction of sp³-hybridized carbons (Fsp3) is 0.833. The van der Waals surface area contributed by atoms with Gasteiger partial charge in [-0.05, 0) is 7.05 Å². The summed E-state index contributed by atoms with van der Waals surface area (Å²) in [4.78, 5) is 11.7. The zero-order valence-electron chi connectivity index (χ0n) is 6.00. The molecule has 0 spiro atoms. The molecule has 1 aliphatic rings. The molecule has 2 N–H and O–H groups in total. The van der Waals surface area contributed by atoms with Crippen LogP contribution in [0.15, 0.2) is 0 Å². The van der Waals surface area contributed by atoms with E-state index in [-0.39, 0.29) is 0 Å². The van der Waals surface area contributed by atoms with Crippen molar-refractivity contribution in [2.24, 2.45) is 5.92 Å². The molecule has 0 aromatic heterocycles. The maximum absolute atomic E-state index is 10.2. The molecule has 1 aliphatic heterocycles. The Morgan fingerprint density at radius 3 is 2.80 bits per heavy atom. The first-order valence-corrected chi connectivity index (χ1v) is 3.36. The Hall–Kier alpha value is -0.770. The van der Waals surface area contributed by atoms with Crippen LogP contribution in [0.5, 0.6) is 0 Å². The van der Waals surface area contributed by atoms with Crippen LogP contribution < -0.4 is 5.32 Å². The molecule has 4 heteroatoms. The maximum Gasteiger partial charge on any atom is 0.407 e. The van der Waals surface area contributed by atoms with Gasteiger partial charge < -0.3 is 15.3 Å². The van der Waals surface area contributed by atoms with E-state index >= 15 is 0 Å². The molecule has 0 saturated carbocycles. The van der Waals surface area contributed by atoms with Crippen molar-refractivity contribution in [3.63, 3.8) is 0 Å². The lowest BCUT2D eigenvalue weighted by Gasteiger charge is -2.36. The van der Waals surface area contributed by atoms with E-state index in [1.165, 1.54) is 4.90 Å². The number of hydrogen-bond donors (Lipinski definition) is 2. The Morgan fingerprint density at radius 1 is 1.80 bits per heavy atom. The molecule has 4 nitrogen and oxygen atoms in total. The number of rotatable bonds is 2. The van der Waals surface area contributed by atoms with Crippen molar-refractivity contribution in [2.45, 2.75) is 0 Å². The fourth-order valence-corrected chi connectivity index (χ4v) is 1.14. The monoisotopic (exact) mass is 144 g/mol. The molecular weight excluding hydrogens is 132 g/mol. The van der Waals surface area contributed by atoms with Gasteiger partial charge in [0.15, 0.2) is 0 Å². The van der Waals surface area contributed by atoms with E-state index in [1.807, 2.05) is 7.05 Å². The van der Waals surface area contributed by atoms with E-state index in [4.69, 9.17) is 5.11 Å². The number of carboxylic acid groups (broad SMARTS) is 1. The highest BCUT2D eigenvalue weighted by Gasteiger charge is 2.29. The molecule has 1 fully saturated rings. The minimum atomic E-state index is -0.799. The van der Waals surface area contributed by atoms with Crippen LogP contribution in [0.1, 0.15) is 0 Å². The van der Waals surface area contributed by atoms with Crippen LogP contribution in [0, 0.1) is 5.92 Å². The zero-order valence-corrected chi connectivity index (χ0v) is 6.00. The SMILES string of the molecule is CNCC1CN(C(=O)O)C1. The molecule has 1 amide bonds. The number of nitrogens with one attached hydrogen (secondary N) is 1. The van der Waals surface area contributed by atoms with Crippen molar-refractivity contribution in [3.05, 3.63) is 0 Å². The summed E-state index contributed by atoms with van der Waals surface area (Å²) in [6.45, 7) is 2.30. The summed E-state index contributed by atoms with van der Waals surface area (Å²) >= 11 is 0. The normalized spacial score (nSPS) is 18.7. The molecule has 1 saturated heterocycles. The third-order valence-electron chi connectivity index (χ3n) is 1.72. The number of hydrogen-bond acceptors (Lipinski definition) is 2. The van der Waals surface area contributed by atoms with Crippen LogP contribution in [-0.4, -0.2) is 42.8 Å². The lowest BCUT2D eigenvalue weighted by Crippen LogP contribution is -2.52. The van der Waals surface area contributed by atoms with Crippen molar-refractivity contribution in [1.29, 1.82) is 0 Å². The molecule has 58 valence electrons. The van der Waals surface area contributed by atoms with Crippen molar-refractivity contribution in [2.75, 3.05) is 26.7 Å². The highest BCUT2D eigenvalue weighted by molar-refractivity contribution is 5.65. The molecule has 0 unspecified atom stereocenters. The third-order valence-corrected chi connectivity index (χ3v) is 1.72. The molecule has 1 heterocycles. The summed E-state index contributed by atoms with van der Waals surface area (Å²) in [5, 5.41) is 11.4. The third kappa shape index (κ3) is 1.39. The van der Waals surface area contributed by atoms with E-state index in [9.17, 15) is 4.79 Å². The Morgan fingerprint density at radius 2 is 2.40 bits per heavy atom. The lowest BCUT2D eigenvalue weighted by atomic mass is 10.0. The molecule has 0 atom stereocenters. The Balaban J connectivity index is 2.12. The van der Waals surface area contributed by atoms with Gasteiger partial charge in [0.2, 0.25) is 0 Å². The first-order chi connectivity index (χ1) is 4.74. The molecule has 1 rings (SSSR count). The second-order valence-corrected chi connectivity index (χ2v) is 2.61. The average molecular weight is 144 g/mol. The first-order valence-electron chi connectivity index (χ1n) is 3.36. The van der Waals surface area contributed by atoms with Gasteiger partial charge in [0, 0.05) is 25.6 Å². The van der Waals surface area contributed by atoms with Crippen LogP contribution in [0.25, 0.3) is 0 Å². The Bertz CT molecular complexity index is 132. The highest BCUT2D eigenvalue weighted by Crippen LogP contribution is 2.13. The van der Waals surface area contributed by atoms with E-state index in [1.54, 1.807) is 0 Å². The summed E-state index contributed by atoms with van der Waals surface area (Å²) in [6, 6.07) is 0. The van der Waals surface area contributed by atoms with Gasteiger partial charge in [0.1, 0.15) is 0 Å². The van der Waals surface area contributed by atoms with Crippen LogP contribution in [0.4, 0.5) is 4.79 Å². The van der Waals surface area contributed by atoms with Crippen molar-refractivity contribution < 1.29 is 9.90 Å². The minimum Gasteiger partial charge on any atom is -0.465 e. The Labute approximate surface area is 59.8 Å². The minimum absolute atomic E-state index is 0.529. The van der Waals surface area contributed by atoms with Gasteiger partial charge in [-0.2, -0.15) is 0 Å². The molecule has 0 aliphatic carbocycles. The van der Waals surface area contributed by atoms with E-state index in [0.29, 0.717) is 19.0 Å².